The molecule has 0 spiro atoms. The van der Waals surface area contributed by atoms with Crippen molar-refractivity contribution in [2.75, 3.05) is 11.9 Å². The van der Waals surface area contributed by atoms with E-state index in [1.165, 1.54) is 0 Å². The van der Waals surface area contributed by atoms with Crippen molar-refractivity contribution in [1.29, 1.82) is 0 Å². The zero-order valence-electron chi connectivity index (χ0n) is 12.3. The first-order valence-corrected chi connectivity index (χ1v) is 7.14. The molecule has 1 rings (SSSR count). The maximum atomic E-state index is 11.7. The monoisotopic (exact) mass is 277 g/mol. The lowest BCUT2D eigenvalue weighted by atomic mass is 10.2. The Kier molecular flexibility index (Phi) is 7.40. The number of nitrogens with one attached hydrogen (secondary N) is 1. The highest BCUT2D eigenvalue weighted by Crippen LogP contribution is 2.10. The maximum Gasteiger partial charge on any atom is 0.305 e. The molecule has 1 amide bonds. The van der Waals surface area contributed by atoms with E-state index in [0.717, 1.165) is 24.1 Å². The van der Waals surface area contributed by atoms with Crippen molar-refractivity contribution in [3.63, 3.8) is 0 Å². The van der Waals surface area contributed by atoms with Crippen LogP contribution in [0.4, 0.5) is 5.69 Å². The number of carbonyl (C=O) groups excluding carboxylic acids is 2. The van der Waals surface area contributed by atoms with Crippen LogP contribution in [0, 0.1) is 6.92 Å². The van der Waals surface area contributed by atoms with Gasteiger partial charge in [0, 0.05) is 18.5 Å². The molecule has 4 nitrogen and oxygen atoms in total. The van der Waals surface area contributed by atoms with Gasteiger partial charge in [-0.25, -0.2) is 0 Å². The van der Waals surface area contributed by atoms with Crippen molar-refractivity contribution >= 4 is 17.6 Å². The summed E-state index contributed by atoms with van der Waals surface area (Å²) in [6.07, 6.45) is 3.04. The summed E-state index contributed by atoms with van der Waals surface area (Å²) in [5.41, 5.74) is 1.89. The van der Waals surface area contributed by atoms with E-state index in [-0.39, 0.29) is 11.9 Å². The number of carbonyl (C=O) groups is 2. The van der Waals surface area contributed by atoms with E-state index in [4.69, 9.17) is 4.74 Å². The molecule has 1 aromatic rings. The van der Waals surface area contributed by atoms with Gasteiger partial charge in [0.1, 0.15) is 0 Å². The third kappa shape index (κ3) is 6.92. The minimum absolute atomic E-state index is 0.0723. The molecule has 110 valence electrons. The van der Waals surface area contributed by atoms with Crippen molar-refractivity contribution in [3.8, 4) is 0 Å². The van der Waals surface area contributed by atoms with Gasteiger partial charge in [-0.15, -0.1) is 0 Å². The number of hydrogen-bond acceptors (Lipinski definition) is 3. The molecule has 1 aromatic carbocycles. The van der Waals surface area contributed by atoms with Crippen molar-refractivity contribution < 1.29 is 14.3 Å². The topological polar surface area (TPSA) is 55.4 Å². The van der Waals surface area contributed by atoms with E-state index in [2.05, 4.69) is 5.32 Å². The van der Waals surface area contributed by atoms with E-state index >= 15 is 0 Å². The van der Waals surface area contributed by atoms with Gasteiger partial charge in [-0.3, -0.25) is 9.59 Å². The van der Waals surface area contributed by atoms with Crippen LogP contribution in [0.5, 0.6) is 0 Å². The lowest BCUT2D eigenvalue weighted by Gasteiger charge is -2.06. The first kappa shape index (κ1) is 16.2. The molecule has 0 heterocycles. The second-order valence-corrected chi connectivity index (χ2v) is 4.85. The van der Waals surface area contributed by atoms with Crippen LogP contribution in [0.1, 0.15) is 44.6 Å². The highest BCUT2D eigenvalue weighted by molar-refractivity contribution is 5.90. The smallest absolute Gasteiger partial charge is 0.305 e. The fraction of sp³-hybridized carbons (Fsp3) is 0.500. The van der Waals surface area contributed by atoms with E-state index in [1.54, 1.807) is 0 Å². The summed E-state index contributed by atoms with van der Waals surface area (Å²) in [7, 11) is 0. The quantitative estimate of drug-likeness (QED) is 0.585. The van der Waals surface area contributed by atoms with E-state index in [0.29, 0.717) is 25.9 Å². The van der Waals surface area contributed by atoms with Gasteiger partial charge in [0.05, 0.1) is 6.61 Å². The van der Waals surface area contributed by atoms with Crippen molar-refractivity contribution in [2.45, 2.75) is 46.0 Å². The van der Waals surface area contributed by atoms with Gasteiger partial charge in [0.25, 0.3) is 0 Å². The highest BCUT2D eigenvalue weighted by atomic mass is 16.5. The van der Waals surface area contributed by atoms with Gasteiger partial charge in [0.2, 0.25) is 5.91 Å². The Hall–Kier alpha value is -1.84. The molecule has 0 aliphatic heterocycles. The Balaban J connectivity index is 2.18. The minimum atomic E-state index is -0.221. The zero-order valence-corrected chi connectivity index (χ0v) is 12.3. The number of hydrogen-bond donors (Lipinski definition) is 1. The van der Waals surface area contributed by atoms with Gasteiger partial charge in [-0.05, 0) is 37.5 Å². The van der Waals surface area contributed by atoms with Crippen LogP contribution in [0.25, 0.3) is 0 Å². The molecule has 0 atom stereocenters. The molecule has 4 heteroatoms. The Morgan fingerprint density at radius 2 is 2.00 bits per heavy atom. The fourth-order valence-electron chi connectivity index (χ4n) is 1.74. The number of anilines is 1. The Morgan fingerprint density at radius 3 is 2.70 bits per heavy atom. The Labute approximate surface area is 120 Å². The second-order valence-electron chi connectivity index (χ2n) is 4.85. The molecule has 0 aliphatic rings. The summed E-state index contributed by atoms with van der Waals surface area (Å²) in [5.74, 6) is -0.293. The summed E-state index contributed by atoms with van der Waals surface area (Å²) < 4.78 is 5.03. The highest BCUT2D eigenvalue weighted by Gasteiger charge is 2.06. The summed E-state index contributed by atoms with van der Waals surface area (Å²) in [5, 5.41) is 2.82. The number of ether oxygens (including phenoxy) is 1. The van der Waals surface area contributed by atoms with Gasteiger partial charge in [-0.1, -0.05) is 25.5 Å². The minimum Gasteiger partial charge on any atom is -0.466 e. The maximum absolute atomic E-state index is 11.7. The van der Waals surface area contributed by atoms with Gasteiger partial charge >= 0.3 is 5.97 Å². The molecule has 0 aliphatic carbocycles. The van der Waals surface area contributed by atoms with Crippen LogP contribution in [-0.4, -0.2) is 18.5 Å². The third-order valence-electron chi connectivity index (χ3n) is 2.85. The van der Waals surface area contributed by atoms with Crippen molar-refractivity contribution in [1.82, 2.24) is 0 Å². The second kappa shape index (κ2) is 9.13. The summed E-state index contributed by atoms with van der Waals surface area (Å²) in [6, 6.07) is 7.64. The summed E-state index contributed by atoms with van der Waals surface area (Å²) in [6.45, 7) is 4.50. The average Bonchev–Trinajstić information content (AvgIpc) is 2.39. The molecule has 20 heavy (non-hydrogen) atoms. The summed E-state index contributed by atoms with van der Waals surface area (Å²) >= 11 is 0. The SMILES string of the molecule is CCCCOC(=O)CCCC(=O)Nc1cccc(C)c1. The molecular weight excluding hydrogens is 254 g/mol. The molecular formula is C16H23NO3. The number of benzene rings is 1. The lowest BCUT2D eigenvalue weighted by Crippen LogP contribution is -2.12. The van der Waals surface area contributed by atoms with E-state index < -0.39 is 0 Å². The molecule has 0 bridgehead atoms. The normalized spacial score (nSPS) is 10.1. The lowest BCUT2D eigenvalue weighted by molar-refractivity contribution is -0.143. The van der Waals surface area contributed by atoms with Crippen LogP contribution < -0.4 is 5.32 Å². The van der Waals surface area contributed by atoms with Crippen LogP contribution in [0.2, 0.25) is 0 Å². The first-order valence-electron chi connectivity index (χ1n) is 7.14. The fourth-order valence-corrected chi connectivity index (χ4v) is 1.74. The number of aryl methyl sites for hydroxylation is 1. The van der Waals surface area contributed by atoms with Gasteiger partial charge in [0.15, 0.2) is 0 Å². The Morgan fingerprint density at radius 1 is 1.20 bits per heavy atom. The number of rotatable bonds is 8. The number of unbranched alkanes of at least 4 members (excludes halogenated alkanes) is 1. The van der Waals surface area contributed by atoms with Crippen molar-refractivity contribution in [2.24, 2.45) is 0 Å². The van der Waals surface area contributed by atoms with Gasteiger partial charge < -0.3 is 10.1 Å². The zero-order chi connectivity index (χ0) is 14.8. The molecule has 0 saturated carbocycles. The predicted molar refractivity (Wildman–Crippen MR) is 79.5 cm³/mol. The predicted octanol–water partition coefficient (Wildman–Crippen LogP) is 3.45. The Bertz CT molecular complexity index is 443. The molecule has 0 radical (unpaired) electrons. The van der Waals surface area contributed by atoms with Crippen LogP contribution in [-0.2, 0) is 14.3 Å². The van der Waals surface area contributed by atoms with Crippen molar-refractivity contribution in [3.05, 3.63) is 29.8 Å². The van der Waals surface area contributed by atoms with E-state index in [1.807, 2.05) is 38.1 Å². The average molecular weight is 277 g/mol. The molecule has 0 aromatic heterocycles. The van der Waals surface area contributed by atoms with E-state index in [9.17, 15) is 9.59 Å². The molecule has 0 unspecified atom stereocenters. The van der Waals surface area contributed by atoms with Crippen LogP contribution in [0.15, 0.2) is 24.3 Å². The van der Waals surface area contributed by atoms with Crippen LogP contribution >= 0.6 is 0 Å². The summed E-state index contributed by atoms with van der Waals surface area (Å²) in [4.78, 5) is 23.1. The standard InChI is InChI=1S/C16H23NO3/c1-3-4-11-20-16(19)10-6-9-15(18)17-14-8-5-7-13(2)12-14/h5,7-8,12H,3-4,6,9-11H2,1-2H3,(H,17,18). The largest absolute Gasteiger partial charge is 0.466 e. The molecule has 1 N–H and O–H groups in total. The van der Waals surface area contributed by atoms with Gasteiger partial charge in [-0.2, -0.15) is 0 Å². The number of esters is 1. The third-order valence-corrected chi connectivity index (χ3v) is 2.85. The first-order chi connectivity index (χ1) is 9.61. The molecule has 0 fully saturated rings. The number of amides is 1. The molecule has 0 saturated heterocycles. The van der Waals surface area contributed by atoms with Crippen LogP contribution in [0.3, 0.4) is 0 Å².